The minimum atomic E-state index is 0. The van der Waals surface area contributed by atoms with Crippen molar-refractivity contribution in [2.24, 2.45) is 10.4 Å². The van der Waals surface area contributed by atoms with Crippen LogP contribution in [0.2, 0.25) is 0 Å². The molecular formula is C16H25IN6O. The molecule has 0 amide bonds. The number of H-pyrrole nitrogens is 1. The van der Waals surface area contributed by atoms with Crippen LogP contribution in [-0.4, -0.2) is 52.7 Å². The predicted octanol–water partition coefficient (Wildman–Crippen LogP) is 2.53. The molecule has 2 N–H and O–H groups in total. The molecule has 7 nitrogen and oxygen atoms in total. The van der Waals surface area contributed by atoms with Gasteiger partial charge in [-0.2, -0.15) is 5.10 Å². The predicted molar refractivity (Wildman–Crippen MR) is 105 cm³/mol. The lowest BCUT2D eigenvalue weighted by molar-refractivity contribution is 0.370. The number of aromatic nitrogens is 3. The lowest BCUT2D eigenvalue weighted by Crippen LogP contribution is -2.41. The number of hydrogen-bond acceptors (Lipinski definition) is 4. The van der Waals surface area contributed by atoms with Crippen molar-refractivity contribution in [2.75, 3.05) is 26.7 Å². The van der Waals surface area contributed by atoms with Gasteiger partial charge in [-0.3, -0.25) is 10.1 Å². The number of aliphatic imine (C=N–C) groups is 1. The molecule has 2 aromatic rings. The average molecular weight is 444 g/mol. The maximum absolute atomic E-state index is 5.29. The van der Waals surface area contributed by atoms with E-state index in [0.29, 0.717) is 17.0 Å². The van der Waals surface area contributed by atoms with Crippen LogP contribution < -0.4 is 5.32 Å². The Labute approximate surface area is 159 Å². The van der Waals surface area contributed by atoms with E-state index in [2.05, 4.69) is 44.2 Å². The molecule has 0 atom stereocenters. The standard InChI is InChI=1S/C16H24N6O.HI/c1-16(2)7-9-22(11-16)15(17-3)18-8-6-13-19-14(21-20-13)12-5-4-10-23-12;/h4-5,10H,6-9,11H2,1-3H3,(H,17,18)(H,19,20,21);1H. The number of nitrogens with one attached hydrogen (secondary N) is 2. The number of nitrogens with zero attached hydrogens (tertiary/aromatic N) is 4. The van der Waals surface area contributed by atoms with Gasteiger partial charge in [0.1, 0.15) is 5.82 Å². The number of hydrogen-bond donors (Lipinski definition) is 2. The molecule has 0 spiro atoms. The number of halogens is 1. The SMILES string of the molecule is CN=C(NCCc1nc(-c2ccco2)n[nH]1)N1CCC(C)(C)C1.I. The van der Waals surface area contributed by atoms with Crippen molar-refractivity contribution in [1.82, 2.24) is 25.4 Å². The summed E-state index contributed by atoms with van der Waals surface area (Å²) in [6.45, 7) is 7.45. The van der Waals surface area contributed by atoms with Gasteiger partial charge in [-0.1, -0.05) is 13.8 Å². The van der Waals surface area contributed by atoms with Crippen molar-refractivity contribution in [3.8, 4) is 11.6 Å². The molecular weight excluding hydrogens is 419 g/mol. The summed E-state index contributed by atoms with van der Waals surface area (Å²) in [5.74, 6) is 3.06. The Kier molecular flexibility index (Phi) is 6.25. The zero-order valence-electron chi connectivity index (χ0n) is 14.4. The largest absolute Gasteiger partial charge is 0.461 e. The average Bonchev–Trinajstić information content (AvgIpc) is 3.23. The first-order valence-electron chi connectivity index (χ1n) is 7.98. The molecule has 132 valence electrons. The topological polar surface area (TPSA) is 82.3 Å². The van der Waals surface area contributed by atoms with Gasteiger partial charge in [0.05, 0.1) is 6.26 Å². The minimum Gasteiger partial charge on any atom is -0.461 e. The van der Waals surface area contributed by atoms with Gasteiger partial charge in [0.25, 0.3) is 0 Å². The molecule has 0 radical (unpaired) electrons. The Balaban J connectivity index is 0.00000208. The molecule has 1 aliphatic rings. The van der Waals surface area contributed by atoms with Gasteiger partial charge >= 0.3 is 0 Å². The summed E-state index contributed by atoms with van der Waals surface area (Å²) in [5, 5.41) is 10.5. The van der Waals surface area contributed by atoms with Crippen LogP contribution in [0.25, 0.3) is 11.6 Å². The quantitative estimate of drug-likeness (QED) is 0.431. The zero-order chi connectivity index (χ0) is 16.3. The smallest absolute Gasteiger partial charge is 0.216 e. The van der Waals surface area contributed by atoms with E-state index in [1.807, 2.05) is 19.2 Å². The number of furan rings is 1. The molecule has 2 aromatic heterocycles. The van der Waals surface area contributed by atoms with Gasteiger partial charge in [0, 0.05) is 33.1 Å². The van der Waals surface area contributed by atoms with Crippen LogP contribution in [0.5, 0.6) is 0 Å². The summed E-state index contributed by atoms with van der Waals surface area (Å²) in [6, 6.07) is 3.68. The molecule has 1 fully saturated rings. The van der Waals surface area contributed by atoms with Crippen LogP contribution in [0.3, 0.4) is 0 Å². The minimum absolute atomic E-state index is 0. The lowest BCUT2D eigenvalue weighted by Gasteiger charge is -2.23. The molecule has 8 heteroatoms. The molecule has 1 saturated heterocycles. The first-order chi connectivity index (χ1) is 11.1. The van der Waals surface area contributed by atoms with E-state index in [1.165, 1.54) is 6.42 Å². The lowest BCUT2D eigenvalue weighted by atomic mass is 9.93. The van der Waals surface area contributed by atoms with Crippen LogP contribution in [0.15, 0.2) is 27.8 Å². The summed E-state index contributed by atoms with van der Waals surface area (Å²) in [7, 11) is 1.83. The van der Waals surface area contributed by atoms with Crippen molar-refractivity contribution < 1.29 is 4.42 Å². The van der Waals surface area contributed by atoms with Gasteiger partial charge in [0.2, 0.25) is 5.82 Å². The molecule has 1 aliphatic heterocycles. The second kappa shape index (κ2) is 8.00. The van der Waals surface area contributed by atoms with Gasteiger partial charge in [-0.05, 0) is 24.0 Å². The monoisotopic (exact) mass is 444 g/mol. The first-order valence-corrected chi connectivity index (χ1v) is 7.98. The van der Waals surface area contributed by atoms with Crippen molar-refractivity contribution in [2.45, 2.75) is 26.7 Å². The maximum Gasteiger partial charge on any atom is 0.216 e. The second-order valence-corrected chi connectivity index (χ2v) is 6.64. The van der Waals surface area contributed by atoms with Crippen molar-refractivity contribution in [1.29, 1.82) is 0 Å². The zero-order valence-corrected chi connectivity index (χ0v) is 16.7. The second-order valence-electron chi connectivity index (χ2n) is 6.64. The Bertz CT molecular complexity index is 664. The molecule has 0 aromatic carbocycles. The fourth-order valence-electron chi connectivity index (χ4n) is 2.84. The van der Waals surface area contributed by atoms with E-state index in [9.17, 15) is 0 Å². The number of rotatable bonds is 4. The van der Waals surface area contributed by atoms with E-state index in [1.54, 1.807) is 6.26 Å². The van der Waals surface area contributed by atoms with Crippen LogP contribution in [0.1, 0.15) is 26.1 Å². The molecule has 0 bridgehead atoms. The normalized spacial score (nSPS) is 17.0. The van der Waals surface area contributed by atoms with Gasteiger partial charge < -0.3 is 14.6 Å². The third-order valence-electron chi connectivity index (χ3n) is 4.11. The summed E-state index contributed by atoms with van der Waals surface area (Å²) in [5.41, 5.74) is 0.362. The number of aromatic amines is 1. The summed E-state index contributed by atoms with van der Waals surface area (Å²) >= 11 is 0. The molecule has 3 rings (SSSR count). The van der Waals surface area contributed by atoms with Crippen LogP contribution in [0.4, 0.5) is 0 Å². The van der Waals surface area contributed by atoms with Crippen molar-refractivity contribution >= 4 is 29.9 Å². The summed E-state index contributed by atoms with van der Waals surface area (Å²) in [4.78, 5) is 11.1. The van der Waals surface area contributed by atoms with E-state index in [0.717, 1.165) is 37.8 Å². The highest BCUT2D eigenvalue weighted by atomic mass is 127. The third-order valence-corrected chi connectivity index (χ3v) is 4.11. The molecule has 3 heterocycles. The highest BCUT2D eigenvalue weighted by Gasteiger charge is 2.30. The summed E-state index contributed by atoms with van der Waals surface area (Å²) < 4.78 is 5.29. The fraction of sp³-hybridized carbons (Fsp3) is 0.562. The summed E-state index contributed by atoms with van der Waals surface area (Å²) in [6.07, 6.45) is 3.57. The van der Waals surface area contributed by atoms with E-state index in [4.69, 9.17) is 4.42 Å². The highest BCUT2D eigenvalue weighted by molar-refractivity contribution is 14.0. The highest BCUT2D eigenvalue weighted by Crippen LogP contribution is 2.28. The van der Waals surface area contributed by atoms with Gasteiger partial charge in [-0.15, -0.1) is 24.0 Å². The first kappa shape index (κ1) is 18.8. The van der Waals surface area contributed by atoms with Crippen LogP contribution in [-0.2, 0) is 6.42 Å². The fourth-order valence-corrected chi connectivity index (χ4v) is 2.84. The van der Waals surface area contributed by atoms with Gasteiger partial charge in [-0.25, -0.2) is 4.98 Å². The van der Waals surface area contributed by atoms with Crippen LogP contribution >= 0.6 is 24.0 Å². The molecule has 0 unspecified atom stereocenters. The van der Waals surface area contributed by atoms with Gasteiger partial charge in [0.15, 0.2) is 11.7 Å². The van der Waals surface area contributed by atoms with E-state index < -0.39 is 0 Å². The van der Waals surface area contributed by atoms with E-state index >= 15 is 0 Å². The maximum atomic E-state index is 5.29. The number of guanidine groups is 1. The molecule has 0 saturated carbocycles. The van der Waals surface area contributed by atoms with Crippen LogP contribution in [0, 0.1) is 5.41 Å². The third kappa shape index (κ3) is 4.49. The van der Waals surface area contributed by atoms with Crippen molar-refractivity contribution in [3.05, 3.63) is 24.2 Å². The molecule has 0 aliphatic carbocycles. The Hall–Kier alpha value is -1.58. The number of likely N-dealkylation sites (tertiary alicyclic amines) is 1. The van der Waals surface area contributed by atoms with E-state index in [-0.39, 0.29) is 24.0 Å². The van der Waals surface area contributed by atoms with Crippen molar-refractivity contribution in [3.63, 3.8) is 0 Å². The Morgan fingerprint density at radius 3 is 2.96 bits per heavy atom. The molecule has 24 heavy (non-hydrogen) atoms. The Morgan fingerprint density at radius 2 is 2.33 bits per heavy atom. The Morgan fingerprint density at radius 1 is 1.50 bits per heavy atom.